The van der Waals surface area contributed by atoms with E-state index in [0.29, 0.717) is 0 Å². The molecule has 0 fully saturated rings. The van der Waals surface area contributed by atoms with E-state index >= 15 is 0 Å². The summed E-state index contributed by atoms with van der Waals surface area (Å²) in [7, 11) is 0. The molecule has 0 bridgehead atoms. The molecule has 0 aliphatic carbocycles. The lowest BCUT2D eigenvalue weighted by atomic mass is 10.1. The van der Waals surface area contributed by atoms with Gasteiger partial charge in [-0.3, -0.25) is 0 Å². The summed E-state index contributed by atoms with van der Waals surface area (Å²) in [6.07, 6.45) is 2.20. The lowest BCUT2D eigenvalue weighted by Gasteiger charge is -2.14. The number of hydrogen-bond donors (Lipinski definition) is 0. The summed E-state index contributed by atoms with van der Waals surface area (Å²) >= 11 is 0. The van der Waals surface area contributed by atoms with Gasteiger partial charge >= 0.3 is 0 Å². The maximum absolute atomic E-state index is 4.01. The Morgan fingerprint density at radius 1 is 1.67 bits per heavy atom. The van der Waals surface area contributed by atoms with Crippen LogP contribution in [0.25, 0.3) is 0 Å². The molecule has 2 heterocycles. The van der Waals surface area contributed by atoms with Crippen LogP contribution in [0.3, 0.4) is 0 Å². The SMILES string of the molecule is CCc1nnn2c1CC2. The van der Waals surface area contributed by atoms with Crippen LogP contribution in [0, 0.1) is 0 Å². The lowest BCUT2D eigenvalue weighted by molar-refractivity contribution is 0.477. The van der Waals surface area contributed by atoms with Crippen LogP contribution in [-0.2, 0) is 19.4 Å². The molecule has 0 saturated carbocycles. The topological polar surface area (TPSA) is 30.7 Å². The molecule has 3 nitrogen and oxygen atoms in total. The molecule has 0 aromatic carbocycles. The molecule has 0 spiro atoms. The van der Waals surface area contributed by atoms with Gasteiger partial charge in [0.25, 0.3) is 0 Å². The van der Waals surface area contributed by atoms with Crippen molar-refractivity contribution in [3.8, 4) is 0 Å². The monoisotopic (exact) mass is 123 g/mol. The van der Waals surface area contributed by atoms with Crippen LogP contribution in [0.5, 0.6) is 0 Å². The number of fused-ring (bicyclic) bond motifs is 1. The average Bonchev–Trinajstić information content (AvgIpc) is 2.07. The van der Waals surface area contributed by atoms with Gasteiger partial charge in [-0.05, 0) is 6.42 Å². The van der Waals surface area contributed by atoms with Crippen LogP contribution in [0.15, 0.2) is 0 Å². The normalized spacial score (nSPS) is 14.8. The third-order valence-corrected chi connectivity index (χ3v) is 1.81. The van der Waals surface area contributed by atoms with Gasteiger partial charge in [-0.1, -0.05) is 12.1 Å². The first kappa shape index (κ1) is 4.97. The molecule has 0 saturated heterocycles. The zero-order chi connectivity index (χ0) is 6.27. The molecule has 1 aromatic rings. The summed E-state index contributed by atoms with van der Waals surface area (Å²) in [4.78, 5) is 0. The Bertz CT molecular complexity index is 226. The second kappa shape index (κ2) is 1.56. The third kappa shape index (κ3) is 0.515. The van der Waals surface area contributed by atoms with Crippen LogP contribution >= 0.6 is 0 Å². The fourth-order valence-corrected chi connectivity index (χ4v) is 1.16. The van der Waals surface area contributed by atoms with Gasteiger partial charge in [-0.25, -0.2) is 4.68 Å². The highest BCUT2D eigenvalue weighted by Crippen LogP contribution is 2.15. The number of nitrogens with zero attached hydrogens (tertiary/aromatic N) is 3. The van der Waals surface area contributed by atoms with E-state index in [-0.39, 0.29) is 0 Å². The minimum Gasteiger partial charge on any atom is -0.249 e. The fraction of sp³-hybridized carbons (Fsp3) is 0.667. The van der Waals surface area contributed by atoms with Crippen molar-refractivity contribution in [2.24, 2.45) is 0 Å². The molecule has 1 aliphatic heterocycles. The number of aromatic nitrogens is 3. The predicted molar refractivity (Wildman–Crippen MR) is 33.1 cm³/mol. The maximum atomic E-state index is 4.01. The van der Waals surface area contributed by atoms with Gasteiger partial charge in [0.15, 0.2) is 0 Å². The summed E-state index contributed by atoms with van der Waals surface area (Å²) in [6, 6.07) is 0. The molecule has 1 aliphatic rings. The van der Waals surface area contributed by atoms with Crippen LogP contribution in [0.1, 0.15) is 18.3 Å². The molecule has 2 rings (SSSR count). The van der Waals surface area contributed by atoms with Crippen molar-refractivity contribution in [3.05, 3.63) is 11.4 Å². The zero-order valence-corrected chi connectivity index (χ0v) is 5.46. The first-order valence-electron chi connectivity index (χ1n) is 3.33. The lowest BCUT2D eigenvalue weighted by Crippen LogP contribution is -2.18. The fourth-order valence-electron chi connectivity index (χ4n) is 1.16. The summed E-state index contributed by atoms with van der Waals surface area (Å²) in [5.74, 6) is 0. The van der Waals surface area contributed by atoms with E-state index in [2.05, 4.69) is 17.2 Å². The van der Waals surface area contributed by atoms with E-state index in [1.165, 1.54) is 17.8 Å². The smallest absolute Gasteiger partial charge is 0.0857 e. The molecule has 0 amide bonds. The summed E-state index contributed by atoms with van der Waals surface area (Å²) in [5.41, 5.74) is 2.53. The standard InChI is InChI=1S/C6H9N3/c1-2-5-6-3-4-9(6)8-7-5/h2-4H2,1H3. The molecule has 0 atom stereocenters. The van der Waals surface area contributed by atoms with E-state index in [0.717, 1.165) is 13.0 Å². The number of hydrogen-bond acceptors (Lipinski definition) is 2. The Kier molecular flexibility index (Phi) is 0.860. The average molecular weight is 123 g/mol. The molecule has 9 heavy (non-hydrogen) atoms. The third-order valence-electron chi connectivity index (χ3n) is 1.81. The van der Waals surface area contributed by atoms with Crippen molar-refractivity contribution < 1.29 is 0 Å². The molecular weight excluding hydrogens is 114 g/mol. The summed E-state index contributed by atoms with van der Waals surface area (Å²) in [5, 5.41) is 7.95. The van der Waals surface area contributed by atoms with E-state index in [9.17, 15) is 0 Å². The van der Waals surface area contributed by atoms with Crippen molar-refractivity contribution >= 4 is 0 Å². The van der Waals surface area contributed by atoms with Gasteiger partial charge in [-0.2, -0.15) is 0 Å². The van der Waals surface area contributed by atoms with Gasteiger partial charge in [0.1, 0.15) is 0 Å². The summed E-state index contributed by atoms with van der Waals surface area (Å²) < 4.78 is 1.97. The highest BCUT2D eigenvalue weighted by molar-refractivity contribution is 5.14. The van der Waals surface area contributed by atoms with Gasteiger partial charge in [0.2, 0.25) is 0 Å². The quantitative estimate of drug-likeness (QED) is 0.541. The van der Waals surface area contributed by atoms with Crippen LogP contribution in [0.2, 0.25) is 0 Å². The van der Waals surface area contributed by atoms with E-state index in [4.69, 9.17) is 0 Å². The summed E-state index contributed by atoms with van der Waals surface area (Å²) in [6.45, 7) is 3.19. The molecular formula is C6H9N3. The molecule has 48 valence electrons. The van der Waals surface area contributed by atoms with Gasteiger partial charge in [0.05, 0.1) is 11.4 Å². The van der Waals surface area contributed by atoms with E-state index in [1.807, 2.05) is 4.68 Å². The van der Waals surface area contributed by atoms with Crippen molar-refractivity contribution in [2.75, 3.05) is 0 Å². The Morgan fingerprint density at radius 2 is 2.56 bits per heavy atom. The Balaban J connectivity index is 2.47. The van der Waals surface area contributed by atoms with Crippen LogP contribution < -0.4 is 0 Å². The van der Waals surface area contributed by atoms with Crippen LogP contribution in [0.4, 0.5) is 0 Å². The van der Waals surface area contributed by atoms with Crippen molar-refractivity contribution in [1.82, 2.24) is 15.0 Å². The van der Waals surface area contributed by atoms with Crippen molar-refractivity contribution in [3.63, 3.8) is 0 Å². The van der Waals surface area contributed by atoms with Gasteiger partial charge in [-0.15, -0.1) is 5.10 Å². The Hall–Kier alpha value is -0.860. The second-order valence-electron chi connectivity index (χ2n) is 2.31. The van der Waals surface area contributed by atoms with Crippen LogP contribution in [-0.4, -0.2) is 15.0 Å². The van der Waals surface area contributed by atoms with Gasteiger partial charge in [0, 0.05) is 13.0 Å². The minimum absolute atomic E-state index is 1.02. The molecule has 3 heteroatoms. The number of rotatable bonds is 1. The first-order chi connectivity index (χ1) is 4.42. The highest BCUT2D eigenvalue weighted by Gasteiger charge is 2.18. The minimum atomic E-state index is 1.02. The van der Waals surface area contributed by atoms with E-state index in [1.54, 1.807) is 0 Å². The molecule has 0 N–H and O–H groups in total. The molecule has 0 unspecified atom stereocenters. The van der Waals surface area contributed by atoms with Gasteiger partial charge < -0.3 is 0 Å². The maximum Gasteiger partial charge on any atom is 0.0857 e. The second-order valence-corrected chi connectivity index (χ2v) is 2.31. The largest absolute Gasteiger partial charge is 0.249 e. The zero-order valence-electron chi connectivity index (χ0n) is 5.46. The molecule has 1 aromatic heterocycles. The molecule has 0 radical (unpaired) electrons. The predicted octanol–water partition coefficient (Wildman–Crippen LogP) is 0.397. The first-order valence-corrected chi connectivity index (χ1v) is 3.33. The highest BCUT2D eigenvalue weighted by atomic mass is 15.5. The number of aryl methyl sites for hydroxylation is 2. The van der Waals surface area contributed by atoms with Crippen molar-refractivity contribution in [1.29, 1.82) is 0 Å². The van der Waals surface area contributed by atoms with Crippen molar-refractivity contribution in [2.45, 2.75) is 26.3 Å². The van der Waals surface area contributed by atoms with E-state index < -0.39 is 0 Å². The Labute approximate surface area is 53.7 Å². The Morgan fingerprint density at radius 3 is 2.89 bits per heavy atom.